The highest BCUT2D eigenvalue weighted by Gasteiger charge is 2.21. The molecule has 1 rings (SSSR count). The molecule has 0 N–H and O–H groups in total. The molecule has 0 radical (unpaired) electrons. The summed E-state index contributed by atoms with van der Waals surface area (Å²) in [4.78, 5) is 9.71. The van der Waals surface area contributed by atoms with Crippen LogP contribution in [0, 0.1) is 29.8 Å². The average Bonchev–Trinajstić information content (AvgIpc) is 2.39. The molecule has 1 aromatic rings. The van der Waals surface area contributed by atoms with Gasteiger partial charge in [-0.25, -0.2) is 0 Å². The van der Waals surface area contributed by atoms with Crippen molar-refractivity contribution in [3.05, 3.63) is 33.1 Å². The average molecular weight is 259 g/mol. The zero-order chi connectivity index (χ0) is 14.9. The second-order valence-corrected chi connectivity index (χ2v) is 2.94. The van der Waals surface area contributed by atoms with Crippen molar-refractivity contribution < 1.29 is 14.1 Å². The first-order valence-electron chi connectivity index (χ1n) is 5.97. The first kappa shape index (κ1) is 18.7. The standard InChI is InChI=1S/C9H10FNO3.2C2H6/c1-5-4-7(11(12)13)8(10)6(2)9(5)14-3;2*1-2/h4H,1-3H3;2*1-2H3. The Hall–Kier alpha value is -1.65. The number of hydrogen-bond donors (Lipinski definition) is 0. The van der Waals surface area contributed by atoms with Crippen LogP contribution < -0.4 is 4.74 Å². The van der Waals surface area contributed by atoms with E-state index in [9.17, 15) is 14.5 Å². The van der Waals surface area contributed by atoms with Gasteiger partial charge in [-0.05, 0) is 19.4 Å². The molecule has 0 atom stereocenters. The van der Waals surface area contributed by atoms with E-state index >= 15 is 0 Å². The highest BCUT2D eigenvalue weighted by Crippen LogP contribution is 2.31. The van der Waals surface area contributed by atoms with Crippen LogP contribution in [0.15, 0.2) is 6.07 Å². The number of halogens is 1. The molecule has 0 heterocycles. The van der Waals surface area contributed by atoms with E-state index in [1.165, 1.54) is 20.1 Å². The first-order chi connectivity index (χ1) is 8.49. The minimum absolute atomic E-state index is 0.166. The summed E-state index contributed by atoms with van der Waals surface area (Å²) in [6.45, 7) is 11.1. The number of benzene rings is 1. The molecule has 0 fully saturated rings. The summed E-state index contributed by atoms with van der Waals surface area (Å²) < 4.78 is 18.3. The van der Waals surface area contributed by atoms with E-state index < -0.39 is 16.4 Å². The predicted octanol–water partition coefficient (Wildman–Crippen LogP) is 4.41. The van der Waals surface area contributed by atoms with Gasteiger partial charge in [0.25, 0.3) is 0 Å². The third kappa shape index (κ3) is 4.31. The zero-order valence-electron chi connectivity index (χ0n) is 12.1. The molecule has 18 heavy (non-hydrogen) atoms. The van der Waals surface area contributed by atoms with E-state index in [2.05, 4.69) is 0 Å². The molecule has 4 nitrogen and oxygen atoms in total. The quantitative estimate of drug-likeness (QED) is 0.583. The summed E-state index contributed by atoms with van der Waals surface area (Å²) in [6, 6.07) is 1.17. The Balaban J connectivity index is 0. The summed E-state index contributed by atoms with van der Waals surface area (Å²) in [5, 5.41) is 10.5. The van der Waals surface area contributed by atoms with Crippen molar-refractivity contribution >= 4 is 5.69 Å². The number of nitro benzene ring substituents is 1. The van der Waals surface area contributed by atoms with Crippen molar-refractivity contribution in [1.82, 2.24) is 0 Å². The highest BCUT2D eigenvalue weighted by molar-refractivity contribution is 5.50. The molecule has 0 aromatic heterocycles. The number of nitrogens with zero attached hydrogens (tertiary/aromatic N) is 1. The zero-order valence-corrected chi connectivity index (χ0v) is 12.1. The highest BCUT2D eigenvalue weighted by atomic mass is 19.1. The summed E-state index contributed by atoms with van der Waals surface area (Å²) in [5.41, 5.74) is 0.207. The number of aryl methyl sites for hydroxylation is 1. The van der Waals surface area contributed by atoms with Crippen molar-refractivity contribution in [1.29, 1.82) is 0 Å². The fourth-order valence-electron chi connectivity index (χ4n) is 1.37. The predicted molar refractivity (Wildman–Crippen MR) is 71.8 cm³/mol. The van der Waals surface area contributed by atoms with Crippen molar-refractivity contribution in [2.24, 2.45) is 0 Å². The fraction of sp³-hybridized carbons (Fsp3) is 0.538. The smallest absolute Gasteiger partial charge is 0.305 e. The van der Waals surface area contributed by atoms with Gasteiger partial charge in [0.15, 0.2) is 0 Å². The molecule has 0 spiro atoms. The van der Waals surface area contributed by atoms with E-state index in [0.717, 1.165) is 0 Å². The van der Waals surface area contributed by atoms with Gasteiger partial charge in [-0.1, -0.05) is 27.7 Å². The Morgan fingerprint density at radius 3 is 2.00 bits per heavy atom. The van der Waals surface area contributed by atoms with Crippen molar-refractivity contribution in [3.63, 3.8) is 0 Å². The summed E-state index contributed by atoms with van der Waals surface area (Å²) in [7, 11) is 1.40. The van der Waals surface area contributed by atoms with Gasteiger partial charge in [0, 0.05) is 11.6 Å². The van der Waals surface area contributed by atoms with Crippen LogP contribution in [-0.2, 0) is 0 Å². The van der Waals surface area contributed by atoms with Crippen LogP contribution in [0.5, 0.6) is 5.75 Å². The maximum atomic E-state index is 13.4. The van der Waals surface area contributed by atoms with E-state index in [1.807, 2.05) is 27.7 Å². The molecule has 5 heteroatoms. The molecule has 0 unspecified atom stereocenters. The summed E-state index contributed by atoms with van der Waals surface area (Å²) >= 11 is 0. The molecule has 0 saturated heterocycles. The van der Waals surface area contributed by atoms with Crippen LogP contribution >= 0.6 is 0 Å². The van der Waals surface area contributed by atoms with Gasteiger partial charge < -0.3 is 4.74 Å². The third-order valence-corrected chi connectivity index (χ3v) is 2.01. The minimum atomic E-state index is -0.836. The molecular weight excluding hydrogens is 237 g/mol. The SMILES string of the molecule is CC.CC.COc1c(C)cc([N+](=O)[O-])c(F)c1C. The van der Waals surface area contributed by atoms with E-state index in [0.29, 0.717) is 11.3 Å². The molecule has 0 aliphatic rings. The van der Waals surface area contributed by atoms with Gasteiger partial charge in [-0.15, -0.1) is 0 Å². The molecular formula is C13H22FNO3. The number of ether oxygens (including phenoxy) is 1. The largest absolute Gasteiger partial charge is 0.496 e. The molecule has 0 saturated carbocycles. The van der Waals surface area contributed by atoms with Crippen LogP contribution in [0.3, 0.4) is 0 Å². The van der Waals surface area contributed by atoms with Gasteiger partial charge in [0.05, 0.1) is 12.0 Å². The lowest BCUT2D eigenvalue weighted by Gasteiger charge is -2.08. The van der Waals surface area contributed by atoms with Crippen LogP contribution in [-0.4, -0.2) is 12.0 Å². The molecule has 0 aliphatic carbocycles. The third-order valence-electron chi connectivity index (χ3n) is 2.01. The van der Waals surface area contributed by atoms with Crippen molar-refractivity contribution in [2.75, 3.05) is 7.11 Å². The van der Waals surface area contributed by atoms with Crippen LogP contribution in [0.2, 0.25) is 0 Å². The summed E-state index contributed by atoms with van der Waals surface area (Å²) in [5.74, 6) is -0.481. The van der Waals surface area contributed by atoms with Gasteiger partial charge in [-0.2, -0.15) is 4.39 Å². The van der Waals surface area contributed by atoms with Gasteiger partial charge in [-0.3, -0.25) is 10.1 Å². The summed E-state index contributed by atoms with van der Waals surface area (Å²) in [6.07, 6.45) is 0. The van der Waals surface area contributed by atoms with Gasteiger partial charge in [0.1, 0.15) is 5.75 Å². The second-order valence-electron chi connectivity index (χ2n) is 2.94. The maximum absolute atomic E-state index is 13.4. The lowest BCUT2D eigenvalue weighted by molar-refractivity contribution is -0.387. The van der Waals surface area contributed by atoms with Crippen LogP contribution in [0.25, 0.3) is 0 Å². The maximum Gasteiger partial charge on any atom is 0.305 e. The Kier molecular flexibility index (Phi) is 9.76. The molecule has 104 valence electrons. The van der Waals surface area contributed by atoms with Crippen LogP contribution in [0.1, 0.15) is 38.8 Å². The molecule has 0 aliphatic heterocycles. The van der Waals surface area contributed by atoms with E-state index in [4.69, 9.17) is 4.74 Å². The Morgan fingerprint density at radius 1 is 1.22 bits per heavy atom. The number of methoxy groups -OCH3 is 1. The lowest BCUT2D eigenvalue weighted by atomic mass is 10.1. The van der Waals surface area contributed by atoms with Crippen LogP contribution in [0.4, 0.5) is 10.1 Å². The Labute approximate surface area is 108 Å². The van der Waals surface area contributed by atoms with E-state index in [-0.39, 0.29) is 5.56 Å². The topological polar surface area (TPSA) is 52.4 Å². The fourth-order valence-corrected chi connectivity index (χ4v) is 1.37. The molecule has 0 amide bonds. The second kappa shape index (κ2) is 9.39. The molecule has 1 aromatic carbocycles. The number of nitro groups is 1. The number of hydrogen-bond acceptors (Lipinski definition) is 3. The van der Waals surface area contributed by atoms with Crippen molar-refractivity contribution in [2.45, 2.75) is 41.5 Å². The van der Waals surface area contributed by atoms with Crippen molar-refractivity contribution in [3.8, 4) is 5.75 Å². The van der Waals surface area contributed by atoms with E-state index in [1.54, 1.807) is 6.92 Å². The molecule has 0 bridgehead atoms. The lowest BCUT2D eigenvalue weighted by Crippen LogP contribution is -1.99. The normalized spacial score (nSPS) is 8.44. The minimum Gasteiger partial charge on any atom is -0.496 e. The monoisotopic (exact) mass is 259 g/mol. The Bertz CT molecular complexity index is 392. The Morgan fingerprint density at radius 2 is 1.67 bits per heavy atom. The van der Waals surface area contributed by atoms with Gasteiger partial charge in [0.2, 0.25) is 5.82 Å². The van der Waals surface area contributed by atoms with Gasteiger partial charge >= 0.3 is 5.69 Å². The first-order valence-corrected chi connectivity index (χ1v) is 5.97. The number of rotatable bonds is 2.